The fraction of sp³-hybridized carbons (Fsp3) is 0.375. The van der Waals surface area contributed by atoms with Gasteiger partial charge < -0.3 is 5.32 Å². The molecule has 1 aromatic heterocycles. The third-order valence-corrected chi connectivity index (χ3v) is 1.61. The standard InChI is InChI=1S/C8H11ClN2/c1-2-10-7-3-4-11-8(5-7)6-9/h3-5H,2,6H2,1H3,(H,10,11). The van der Waals surface area contributed by atoms with Crippen molar-refractivity contribution < 1.29 is 0 Å². The highest BCUT2D eigenvalue weighted by Crippen LogP contribution is 2.08. The molecule has 0 atom stereocenters. The van der Waals surface area contributed by atoms with Gasteiger partial charge >= 0.3 is 0 Å². The van der Waals surface area contributed by atoms with Crippen LogP contribution in [0, 0.1) is 0 Å². The number of nitrogens with zero attached hydrogens (tertiary/aromatic N) is 1. The lowest BCUT2D eigenvalue weighted by Gasteiger charge is -2.02. The van der Waals surface area contributed by atoms with Crippen molar-refractivity contribution in [2.45, 2.75) is 12.8 Å². The van der Waals surface area contributed by atoms with Crippen LogP contribution in [0.2, 0.25) is 0 Å². The number of hydrogen-bond donors (Lipinski definition) is 1. The van der Waals surface area contributed by atoms with Crippen LogP contribution in [-0.4, -0.2) is 11.5 Å². The Morgan fingerprint density at radius 2 is 2.45 bits per heavy atom. The third kappa shape index (κ3) is 2.39. The lowest BCUT2D eigenvalue weighted by Crippen LogP contribution is -1.97. The molecular weight excluding hydrogens is 160 g/mol. The van der Waals surface area contributed by atoms with E-state index in [0.717, 1.165) is 17.9 Å². The van der Waals surface area contributed by atoms with Crippen molar-refractivity contribution in [3.8, 4) is 0 Å². The highest BCUT2D eigenvalue weighted by atomic mass is 35.5. The molecule has 0 aliphatic carbocycles. The first-order valence-electron chi connectivity index (χ1n) is 3.61. The summed E-state index contributed by atoms with van der Waals surface area (Å²) >= 11 is 5.61. The monoisotopic (exact) mass is 170 g/mol. The summed E-state index contributed by atoms with van der Waals surface area (Å²) in [5.74, 6) is 0.471. The van der Waals surface area contributed by atoms with Crippen molar-refractivity contribution in [1.29, 1.82) is 0 Å². The molecule has 0 fully saturated rings. The number of pyridine rings is 1. The first-order chi connectivity index (χ1) is 5.36. The molecule has 0 saturated carbocycles. The molecule has 0 aromatic carbocycles. The van der Waals surface area contributed by atoms with Crippen molar-refractivity contribution in [1.82, 2.24) is 4.98 Å². The van der Waals surface area contributed by atoms with Gasteiger partial charge in [0.2, 0.25) is 0 Å². The molecule has 0 radical (unpaired) electrons. The van der Waals surface area contributed by atoms with Gasteiger partial charge in [-0.1, -0.05) is 0 Å². The Bertz CT molecular complexity index is 225. The predicted octanol–water partition coefficient (Wildman–Crippen LogP) is 2.25. The van der Waals surface area contributed by atoms with E-state index in [1.54, 1.807) is 6.20 Å². The summed E-state index contributed by atoms with van der Waals surface area (Å²) in [6.45, 7) is 2.98. The maximum atomic E-state index is 5.61. The smallest absolute Gasteiger partial charge is 0.0648 e. The summed E-state index contributed by atoms with van der Waals surface area (Å²) < 4.78 is 0. The van der Waals surface area contributed by atoms with Gasteiger partial charge in [0, 0.05) is 18.4 Å². The molecule has 11 heavy (non-hydrogen) atoms. The van der Waals surface area contributed by atoms with E-state index in [4.69, 9.17) is 11.6 Å². The van der Waals surface area contributed by atoms with Gasteiger partial charge in [0.05, 0.1) is 11.6 Å². The Hall–Kier alpha value is -0.760. The quantitative estimate of drug-likeness (QED) is 0.704. The lowest BCUT2D eigenvalue weighted by atomic mass is 10.3. The number of alkyl halides is 1. The summed E-state index contributed by atoms with van der Waals surface area (Å²) in [6, 6.07) is 3.88. The molecule has 0 aliphatic rings. The number of aromatic nitrogens is 1. The van der Waals surface area contributed by atoms with Gasteiger partial charge in [0.25, 0.3) is 0 Å². The van der Waals surface area contributed by atoms with E-state index >= 15 is 0 Å². The van der Waals surface area contributed by atoms with Gasteiger partial charge in [-0.05, 0) is 19.1 Å². The maximum Gasteiger partial charge on any atom is 0.0648 e. The highest BCUT2D eigenvalue weighted by molar-refractivity contribution is 6.16. The van der Waals surface area contributed by atoms with Gasteiger partial charge in [-0.2, -0.15) is 0 Å². The van der Waals surface area contributed by atoms with E-state index in [1.807, 2.05) is 12.1 Å². The summed E-state index contributed by atoms with van der Waals surface area (Å²) in [5, 5.41) is 3.18. The number of rotatable bonds is 3. The Morgan fingerprint density at radius 3 is 3.09 bits per heavy atom. The molecule has 1 aromatic rings. The third-order valence-electron chi connectivity index (χ3n) is 1.33. The molecule has 0 amide bonds. The average molecular weight is 171 g/mol. The Morgan fingerprint density at radius 1 is 1.64 bits per heavy atom. The number of anilines is 1. The second-order valence-electron chi connectivity index (χ2n) is 2.20. The number of nitrogens with one attached hydrogen (secondary N) is 1. The number of halogens is 1. The predicted molar refractivity (Wildman–Crippen MR) is 48.0 cm³/mol. The summed E-state index contributed by atoms with van der Waals surface area (Å²) in [7, 11) is 0. The average Bonchev–Trinajstić information content (AvgIpc) is 2.06. The van der Waals surface area contributed by atoms with Crippen molar-refractivity contribution in [3.63, 3.8) is 0 Å². The van der Waals surface area contributed by atoms with Gasteiger partial charge in [0.1, 0.15) is 0 Å². The van der Waals surface area contributed by atoms with E-state index < -0.39 is 0 Å². The van der Waals surface area contributed by atoms with Crippen molar-refractivity contribution in [3.05, 3.63) is 24.0 Å². The van der Waals surface area contributed by atoms with Gasteiger partial charge in [-0.15, -0.1) is 11.6 Å². The molecule has 1 rings (SSSR count). The summed E-state index contributed by atoms with van der Waals surface area (Å²) in [6.07, 6.45) is 1.76. The van der Waals surface area contributed by atoms with Crippen LogP contribution < -0.4 is 5.32 Å². The minimum absolute atomic E-state index is 0.471. The molecule has 0 aliphatic heterocycles. The van der Waals surface area contributed by atoms with E-state index in [0.29, 0.717) is 5.88 Å². The Kier molecular flexibility index (Phi) is 3.17. The Balaban J connectivity index is 2.74. The second-order valence-corrected chi connectivity index (χ2v) is 2.47. The summed E-state index contributed by atoms with van der Waals surface area (Å²) in [4.78, 5) is 4.07. The zero-order valence-corrected chi connectivity index (χ0v) is 7.23. The molecule has 1 heterocycles. The molecule has 0 spiro atoms. The van der Waals surface area contributed by atoms with Crippen molar-refractivity contribution >= 4 is 17.3 Å². The summed E-state index contributed by atoms with van der Waals surface area (Å²) in [5.41, 5.74) is 1.99. The normalized spacial score (nSPS) is 9.64. The van der Waals surface area contributed by atoms with Crippen LogP contribution in [0.3, 0.4) is 0 Å². The van der Waals surface area contributed by atoms with Gasteiger partial charge in [-0.25, -0.2) is 0 Å². The van der Waals surface area contributed by atoms with Crippen LogP contribution in [0.15, 0.2) is 18.3 Å². The first-order valence-corrected chi connectivity index (χ1v) is 4.15. The fourth-order valence-corrected chi connectivity index (χ4v) is 1.01. The number of hydrogen-bond acceptors (Lipinski definition) is 2. The zero-order chi connectivity index (χ0) is 8.10. The van der Waals surface area contributed by atoms with Crippen LogP contribution >= 0.6 is 11.6 Å². The van der Waals surface area contributed by atoms with Crippen LogP contribution in [0.25, 0.3) is 0 Å². The molecule has 0 unspecified atom stereocenters. The van der Waals surface area contributed by atoms with Crippen molar-refractivity contribution in [2.24, 2.45) is 0 Å². The fourth-order valence-electron chi connectivity index (χ4n) is 0.865. The van der Waals surface area contributed by atoms with Gasteiger partial charge in [0.15, 0.2) is 0 Å². The topological polar surface area (TPSA) is 24.9 Å². The van der Waals surface area contributed by atoms with Crippen molar-refractivity contribution in [2.75, 3.05) is 11.9 Å². The minimum Gasteiger partial charge on any atom is -0.385 e. The van der Waals surface area contributed by atoms with Crippen LogP contribution in [0.4, 0.5) is 5.69 Å². The molecule has 3 heteroatoms. The largest absolute Gasteiger partial charge is 0.385 e. The van der Waals surface area contributed by atoms with Crippen LogP contribution in [0.5, 0.6) is 0 Å². The van der Waals surface area contributed by atoms with E-state index in [2.05, 4.69) is 17.2 Å². The SMILES string of the molecule is CCNc1ccnc(CCl)c1. The maximum absolute atomic E-state index is 5.61. The molecule has 0 bridgehead atoms. The second kappa shape index (κ2) is 4.19. The molecular formula is C8H11ClN2. The lowest BCUT2D eigenvalue weighted by molar-refractivity contribution is 1.14. The highest BCUT2D eigenvalue weighted by Gasteiger charge is 1.92. The molecule has 60 valence electrons. The van der Waals surface area contributed by atoms with E-state index in [-0.39, 0.29) is 0 Å². The van der Waals surface area contributed by atoms with Gasteiger partial charge in [-0.3, -0.25) is 4.98 Å². The molecule has 2 nitrogen and oxygen atoms in total. The van der Waals surface area contributed by atoms with E-state index in [9.17, 15) is 0 Å². The molecule has 0 saturated heterocycles. The Labute approximate surface area is 71.6 Å². The minimum atomic E-state index is 0.471. The van der Waals surface area contributed by atoms with E-state index in [1.165, 1.54) is 0 Å². The molecule has 1 N–H and O–H groups in total. The van der Waals surface area contributed by atoms with Crippen LogP contribution in [-0.2, 0) is 5.88 Å². The van der Waals surface area contributed by atoms with Crippen LogP contribution in [0.1, 0.15) is 12.6 Å². The zero-order valence-electron chi connectivity index (χ0n) is 6.47. The first kappa shape index (κ1) is 8.34.